The van der Waals surface area contributed by atoms with Crippen LogP contribution in [0.1, 0.15) is 10.4 Å². The second-order valence-corrected chi connectivity index (χ2v) is 8.51. The van der Waals surface area contributed by atoms with E-state index < -0.39 is 12.1 Å². The first-order chi connectivity index (χ1) is 17.6. The number of fused-ring (bicyclic) bond motifs is 1. The molecule has 0 atom stereocenters. The number of aliphatic carboxylic acids is 1. The van der Waals surface area contributed by atoms with E-state index in [0.717, 1.165) is 54.3 Å². The van der Waals surface area contributed by atoms with Gasteiger partial charge in [0.15, 0.2) is 5.65 Å². The van der Waals surface area contributed by atoms with Gasteiger partial charge >= 0.3 is 12.1 Å². The summed E-state index contributed by atoms with van der Waals surface area (Å²) >= 11 is 6.02. The van der Waals surface area contributed by atoms with Crippen LogP contribution in [0.5, 0.6) is 0 Å². The van der Waals surface area contributed by atoms with Crippen LogP contribution in [0.3, 0.4) is 0 Å². The van der Waals surface area contributed by atoms with E-state index in [4.69, 9.17) is 21.5 Å². The smallest absolute Gasteiger partial charge is 0.475 e. The van der Waals surface area contributed by atoms with Gasteiger partial charge < -0.3 is 15.3 Å². The fourth-order valence-electron chi connectivity index (χ4n) is 3.71. The van der Waals surface area contributed by atoms with Gasteiger partial charge in [-0.05, 0) is 24.3 Å². The molecule has 3 heterocycles. The Morgan fingerprint density at radius 3 is 2.11 bits per heavy atom. The number of carboxylic acids is 1. The number of aromatic nitrogens is 3. The molecule has 5 rings (SSSR count). The van der Waals surface area contributed by atoms with E-state index in [1.54, 1.807) is 6.20 Å². The van der Waals surface area contributed by atoms with Crippen LogP contribution in [0.2, 0.25) is 5.02 Å². The summed E-state index contributed by atoms with van der Waals surface area (Å²) < 4.78 is 33.8. The van der Waals surface area contributed by atoms with Crippen molar-refractivity contribution in [3.63, 3.8) is 0 Å². The molecule has 1 fully saturated rings. The van der Waals surface area contributed by atoms with E-state index in [0.29, 0.717) is 10.6 Å². The van der Waals surface area contributed by atoms with Crippen molar-refractivity contribution in [2.75, 3.05) is 26.2 Å². The van der Waals surface area contributed by atoms with E-state index in [9.17, 15) is 18.0 Å². The maximum atomic E-state index is 12.7. The summed E-state index contributed by atoms with van der Waals surface area (Å²) in [6.07, 6.45) is 0.479. The average Bonchev–Trinajstić information content (AvgIpc) is 3.32. The number of benzene rings is 2. The highest BCUT2D eigenvalue weighted by molar-refractivity contribution is 6.30. The summed E-state index contributed by atoms with van der Waals surface area (Å²) in [4.78, 5) is 32.5. The molecule has 0 bridgehead atoms. The highest BCUT2D eigenvalue weighted by Crippen LogP contribution is 2.25. The molecule has 1 aliphatic rings. The van der Waals surface area contributed by atoms with Crippen molar-refractivity contribution in [3.05, 3.63) is 77.7 Å². The van der Waals surface area contributed by atoms with E-state index in [-0.39, 0.29) is 5.91 Å². The first kappa shape index (κ1) is 26.1. The molecule has 0 aliphatic carbocycles. The summed E-state index contributed by atoms with van der Waals surface area (Å²) in [5.74, 6) is -2.68. The van der Waals surface area contributed by atoms with Crippen molar-refractivity contribution in [1.29, 1.82) is 0 Å². The minimum Gasteiger partial charge on any atom is -0.475 e. The second kappa shape index (κ2) is 11.0. The average molecular weight is 532 g/mol. The standard InChI is InChI=1S/C23H20ClN5O.C2HF3O2/c24-19-7-5-17(6-8-19)21-13-27-22-14-26-20(15-29(21)22)16-1-3-18(4-2-16)23(30)28-11-9-25-10-12-28;3-2(4,5)1(6)7/h1-8,13-15,25H,9-12H2;(H,6,7). The van der Waals surface area contributed by atoms with Crippen LogP contribution in [0.4, 0.5) is 13.2 Å². The van der Waals surface area contributed by atoms with E-state index >= 15 is 0 Å². The largest absolute Gasteiger partial charge is 0.490 e. The van der Waals surface area contributed by atoms with Crippen LogP contribution in [0.15, 0.2) is 67.1 Å². The SMILES string of the molecule is O=C(O)C(F)(F)F.O=C(c1ccc(-c2cn3c(-c4ccc(Cl)cc4)cnc3cn2)cc1)N1CCNCC1. The molecule has 8 nitrogen and oxygen atoms in total. The van der Waals surface area contributed by atoms with Crippen molar-refractivity contribution in [2.45, 2.75) is 6.18 Å². The molecule has 1 aliphatic heterocycles. The van der Waals surface area contributed by atoms with Crippen LogP contribution in [-0.2, 0) is 4.79 Å². The molecule has 0 radical (unpaired) electrons. The third-order valence-corrected chi connectivity index (χ3v) is 5.86. The van der Waals surface area contributed by atoms with Gasteiger partial charge in [-0.3, -0.25) is 14.2 Å². The van der Waals surface area contributed by atoms with Crippen LogP contribution in [-0.4, -0.2) is 68.6 Å². The zero-order valence-corrected chi connectivity index (χ0v) is 20.0. The number of carbonyl (C=O) groups excluding carboxylic acids is 1. The first-order valence-corrected chi connectivity index (χ1v) is 11.5. The highest BCUT2D eigenvalue weighted by Gasteiger charge is 2.38. The molecule has 12 heteroatoms. The number of hydrogen-bond donors (Lipinski definition) is 2. The molecular weight excluding hydrogens is 511 g/mol. The Bertz CT molecular complexity index is 1400. The second-order valence-electron chi connectivity index (χ2n) is 8.07. The third kappa shape index (κ3) is 6.25. The number of amides is 1. The van der Waals surface area contributed by atoms with Crippen molar-refractivity contribution in [1.82, 2.24) is 24.6 Å². The number of carboxylic acid groups (broad SMARTS) is 1. The predicted octanol–water partition coefficient (Wildman–Crippen LogP) is 4.40. The van der Waals surface area contributed by atoms with Crippen molar-refractivity contribution >= 4 is 29.1 Å². The molecule has 2 aromatic carbocycles. The number of hydrogen-bond acceptors (Lipinski definition) is 5. The van der Waals surface area contributed by atoms with Crippen LogP contribution < -0.4 is 5.32 Å². The summed E-state index contributed by atoms with van der Waals surface area (Å²) in [5.41, 5.74) is 5.23. The number of halogens is 4. The maximum Gasteiger partial charge on any atom is 0.490 e. The monoisotopic (exact) mass is 531 g/mol. The number of nitrogens with one attached hydrogen (secondary N) is 1. The lowest BCUT2D eigenvalue weighted by atomic mass is 10.1. The van der Waals surface area contributed by atoms with Crippen LogP contribution >= 0.6 is 11.6 Å². The Balaban J connectivity index is 0.000000405. The lowest BCUT2D eigenvalue weighted by Gasteiger charge is -2.27. The van der Waals surface area contributed by atoms with Gasteiger partial charge in [0.2, 0.25) is 0 Å². The van der Waals surface area contributed by atoms with Gasteiger partial charge in [0.1, 0.15) is 0 Å². The first-order valence-electron chi connectivity index (χ1n) is 11.1. The van der Waals surface area contributed by atoms with Gasteiger partial charge in [-0.25, -0.2) is 9.78 Å². The Morgan fingerprint density at radius 2 is 1.51 bits per heavy atom. The molecule has 0 spiro atoms. The number of piperazine rings is 1. The van der Waals surface area contributed by atoms with Gasteiger partial charge in [-0.2, -0.15) is 13.2 Å². The number of carbonyl (C=O) groups is 2. The number of imidazole rings is 1. The van der Waals surface area contributed by atoms with Crippen LogP contribution in [0.25, 0.3) is 28.2 Å². The molecule has 2 aromatic heterocycles. The van der Waals surface area contributed by atoms with E-state index in [1.807, 2.05) is 70.2 Å². The van der Waals surface area contributed by atoms with Gasteiger partial charge in [0, 0.05) is 54.1 Å². The lowest BCUT2D eigenvalue weighted by Crippen LogP contribution is -2.46. The minimum atomic E-state index is -5.08. The van der Waals surface area contributed by atoms with Gasteiger partial charge in [-0.15, -0.1) is 0 Å². The zero-order chi connectivity index (χ0) is 26.6. The fraction of sp³-hybridized carbons (Fsp3) is 0.200. The summed E-state index contributed by atoms with van der Waals surface area (Å²) in [6.45, 7) is 3.17. The quantitative estimate of drug-likeness (QED) is 0.407. The van der Waals surface area contributed by atoms with Crippen molar-refractivity contribution in [2.24, 2.45) is 0 Å². The molecule has 1 amide bonds. The Morgan fingerprint density at radius 1 is 0.919 bits per heavy atom. The minimum absolute atomic E-state index is 0.0751. The number of alkyl halides is 3. The normalized spacial score (nSPS) is 13.7. The summed E-state index contributed by atoms with van der Waals surface area (Å²) in [5, 5.41) is 11.1. The van der Waals surface area contributed by atoms with Gasteiger partial charge in [-0.1, -0.05) is 35.9 Å². The maximum absolute atomic E-state index is 12.7. The molecule has 192 valence electrons. The van der Waals surface area contributed by atoms with E-state index in [1.165, 1.54) is 0 Å². The van der Waals surface area contributed by atoms with Crippen LogP contribution in [0, 0.1) is 0 Å². The molecule has 1 saturated heterocycles. The molecule has 0 unspecified atom stereocenters. The number of nitrogens with zero attached hydrogens (tertiary/aromatic N) is 4. The zero-order valence-electron chi connectivity index (χ0n) is 19.2. The third-order valence-electron chi connectivity index (χ3n) is 5.61. The molecule has 2 N–H and O–H groups in total. The Hall–Kier alpha value is -3.96. The van der Waals surface area contributed by atoms with Gasteiger partial charge in [0.25, 0.3) is 5.91 Å². The van der Waals surface area contributed by atoms with Gasteiger partial charge in [0.05, 0.1) is 23.8 Å². The Labute approximate surface area is 214 Å². The van der Waals surface area contributed by atoms with Crippen molar-refractivity contribution < 1.29 is 27.9 Å². The van der Waals surface area contributed by atoms with E-state index in [2.05, 4.69) is 15.3 Å². The number of rotatable bonds is 3. The molecule has 4 aromatic rings. The van der Waals surface area contributed by atoms with Crippen molar-refractivity contribution in [3.8, 4) is 22.5 Å². The predicted molar refractivity (Wildman–Crippen MR) is 131 cm³/mol. The summed E-state index contributed by atoms with van der Waals surface area (Å²) in [7, 11) is 0. The highest BCUT2D eigenvalue weighted by atomic mass is 35.5. The topological polar surface area (TPSA) is 99.8 Å². The fourth-order valence-corrected chi connectivity index (χ4v) is 3.83. The molecule has 0 saturated carbocycles. The lowest BCUT2D eigenvalue weighted by molar-refractivity contribution is -0.192. The molecule has 37 heavy (non-hydrogen) atoms. The summed E-state index contributed by atoms with van der Waals surface area (Å²) in [6, 6.07) is 15.3. The molecular formula is C25H21ClF3N5O3. The Kier molecular flexibility index (Phi) is 7.74.